The Morgan fingerprint density at radius 2 is 1.12 bits per heavy atom. The first-order valence-electron chi connectivity index (χ1n) is 10.9. The molecule has 0 radical (unpaired) electrons. The monoisotopic (exact) mass is 476 g/mol. The summed E-state index contributed by atoms with van der Waals surface area (Å²) in [5, 5.41) is 5.90. The molecule has 0 bridgehead atoms. The third-order valence-electron chi connectivity index (χ3n) is 4.39. The molecule has 0 heterocycles. The molecule has 0 saturated carbocycles. The molecule has 2 aromatic carbocycles. The fourth-order valence-electron chi connectivity index (χ4n) is 2.77. The lowest BCUT2D eigenvalue weighted by Crippen LogP contribution is -2.26. The highest BCUT2D eigenvalue weighted by atomic mass is 33.1. The Morgan fingerprint density at radius 3 is 1.53 bits per heavy atom. The summed E-state index contributed by atoms with van der Waals surface area (Å²) in [5.41, 5.74) is 1.25. The molecule has 8 heteroatoms. The summed E-state index contributed by atoms with van der Waals surface area (Å²) in [6.45, 7) is 7.66. The zero-order valence-corrected chi connectivity index (χ0v) is 20.4. The van der Waals surface area contributed by atoms with Gasteiger partial charge in [0.25, 0.3) is 11.8 Å². The van der Waals surface area contributed by atoms with E-state index in [1.165, 1.54) is 21.6 Å². The smallest absolute Gasteiger partial charge is 0.252 e. The zero-order valence-electron chi connectivity index (χ0n) is 18.7. The topological polar surface area (TPSA) is 76.7 Å². The average Bonchev–Trinajstić information content (AvgIpc) is 2.82. The minimum atomic E-state index is -0.106. The molecule has 0 aliphatic carbocycles. The minimum Gasteiger partial charge on any atom is -0.382 e. The summed E-state index contributed by atoms with van der Waals surface area (Å²) in [6, 6.07) is 15.0. The highest BCUT2D eigenvalue weighted by Gasteiger charge is 2.15. The molecule has 0 aromatic heterocycles. The average molecular weight is 477 g/mol. The second-order valence-electron chi connectivity index (χ2n) is 6.77. The van der Waals surface area contributed by atoms with Crippen LogP contribution in [0.2, 0.25) is 0 Å². The van der Waals surface area contributed by atoms with Crippen LogP contribution in [0, 0.1) is 0 Å². The van der Waals surface area contributed by atoms with Gasteiger partial charge in [0.05, 0.1) is 11.1 Å². The number of rotatable bonds is 15. The van der Waals surface area contributed by atoms with Crippen LogP contribution in [0.4, 0.5) is 0 Å². The quantitative estimate of drug-likeness (QED) is 0.284. The summed E-state index contributed by atoms with van der Waals surface area (Å²) in [4.78, 5) is 27.0. The van der Waals surface area contributed by atoms with Crippen molar-refractivity contribution in [1.82, 2.24) is 10.6 Å². The molecule has 2 aromatic rings. The van der Waals surface area contributed by atoms with Gasteiger partial charge in [-0.1, -0.05) is 45.9 Å². The van der Waals surface area contributed by atoms with Gasteiger partial charge >= 0.3 is 0 Å². The molecule has 6 nitrogen and oxygen atoms in total. The van der Waals surface area contributed by atoms with Crippen molar-refractivity contribution in [3.8, 4) is 0 Å². The predicted octanol–water partition coefficient (Wildman–Crippen LogP) is 4.80. The first-order valence-corrected chi connectivity index (χ1v) is 13.1. The lowest BCUT2D eigenvalue weighted by molar-refractivity contribution is 0.0932. The molecule has 2 rings (SSSR count). The SMILES string of the molecule is CCOCCCNC(=O)c1ccccc1SSc1ccccc1C(=O)NCCCOCC. The fourth-order valence-corrected chi connectivity index (χ4v) is 5.13. The van der Waals surface area contributed by atoms with Crippen LogP contribution >= 0.6 is 21.6 Å². The van der Waals surface area contributed by atoms with Crippen LogP contribution in [-0.2, 0) is 9.47 Å². The first kappa shape index (κ1) is 26.3. The van der Waals surface area contributed by atoms with Gasteiger partial charge in [0, 0.05) is 49.3 Å². The van der Waals surface area contributed by atoms with Crippen LogP contribution in [0.1, 0.15) is 47.4 Å². The fraction of sp³-hybridized carbons (Fsp3) is 0.417. The molecule has 174 valence electrons. The van der Waals surface area contributed by atoms with E-state index in [4.69, 9.17) is 9.47 Å². The Kier molecular flexibility index (Phi) is 12.9. The first-order chi connectivity index (χ1) is 15.7. The number of hydrogen-bond donors (Lipinski definition) is 2. The number of hydrogen-bond acceptors (Lipinski definition) is 6. The molecule has 32 heavy (non-hydrogen) atoms. The van der Waals surface area contributed by atoms with Crippen molar-refractivity contribution in [3.63, 3.8) is 0 Å². The third-order valence-corrected chi connectivity index (χ3v) is 6.88. The van der Waals surface area contributed by atoms with E-state index >= 15 is 0 Å². The molecule has 2 amide bonds. The van der Waals surface area contributed by atoms with Crippen molar-refractivity contribution in [2.45, 2.75) is 36.5 Å². The van der Waals surface area contributed by atoms with Crippen LogP contribution in [0.25, 0.3) is 0 Å². The Labute approximate surface area is 198 Å². The van der Waals surface area contributed by atoms with Gasteiger partial charge in [0.15, 0.2) is 0 Å². The van der Waals surface area contributed by atoms with Gasteiger partial charge in [0.1, 0.15) is 0 Å². The number of carbonyl (C=O) groups is 2. The minimum absolute atomic E-state index is 0.106. The molecule has 0 atom stereocenters. The summed E-state index contributed by atoms with van der Waals surface area (Å²) in [7, 11) is 2.95. The molecule has 0 spiro atoms. The van der Waals surface area contributed by atoms with Crippen molar-refractivity contribution >= 4 is 33.4 Å². The molecular formula is C24H32N2O4S2. The van der Waals surface area contributed by atoms with Crippen LogP contribution in [0.15, 0.2) is 58.3 Å². The van der Waals surface area contributed by atoms with Crippen LogP contribution in [0.5, 0.6) is 0 Å². The van der Waals surface area contributed by atoms with Gasteiger partial charge in [-0.15, -0.1) is 0 Å². The summed E-state index contributed by atoms with van der Waals surface area (Å²) in [6.07, 6.45) is 1.55. The van der Waals surface area contributed by atoms with Crippen molar-refractivity contribution in [2.75, 3.05) is 39.5 Å². The second-order valence-corrected chi connectivity index (χ2v) is 8.98. The van der Waals surface area contributed by atoms with Crippen molar-refractivity contribution in [3.05, 3.63) is 59.7 Å². The van der Waals surface area contributed by atoms with E-state index in [1.807, 2.05) is 62.4 Å². The Morgan fingerprint density at radius 1 is 0.719 bits per heavy atom. The summed E-state index contributed by atoms with van der Waals surface area (Å²) < 4.78 is 10.6. The lowest BCUT2D eigenvalue weighted by atomic mass is 10.2. The van der Waals surface area contributed by atoms with Crippen LogP contribution in [0.3, 0.4) is 0 Å². The van der Waals surface area contributed by atoms with E-state index in [1.54, 1.807) is 0 Å². The van der Waals surface area contributed by atoms with Gasteiger partial charge in [-0.25, -0.2) is 0 Å². The van der Waals surface area contributed by atoms with E-state index in [-0.39, 0.29) is 11.8 Å². The number of benzene rings is 2. The number of carbonyl (C=O) groups excluding carboxylic acids is 2. The van der Waals surface area contributed by atoms with Crippen LogP contribution in [-0.4, -0.2) is 51.3 Å². The van der Waals surface area contributed by atoms with E-state index in [0.717, 1.165) is 22.6 Å². The molecule has 2 N–H and O–H groups in total. The lowest BCUT2D eigenvalue weighted by Gasteiger charge is -2.12. The molecule has 0 aliphatic heterocycles. The maximum Gasteiger partial charge on any atom is 0.252 e. The van der Waals surface area contributed by atoms with Crippen molar-refractivity contribution in [2.24, 2.45) is 0 Å². The Hall–Kier alpha value is -2.00. The molecular weight excluding hydrogens is 444 g/mol. The van der Waals surface area contributed by atoms with Crippen molar-refractivity contribution in [1.29, 1.82) is 0 Å². The van der Waals surface area contributed by atoms with Gasteiger partial charge in [-0.2, -0.15) is 0 Å². The largest absolute Gasteiger partial charge is 0.382 e. The standard InChI is InChI=1S/C24H32N2O4S2/c1-3-29-17-9-15-25-23(27)19-11-5-7-13-21(19)31-32-22-14-8-6-12-20(22)24(28)26-16-10-18-30-4-2/h5-8,11-14H,3-4,9-10,15-18H2,1-2H3,(H,25,27)(H,26,28). The summed E-state index contributed by atoms with van der Waals surface area (Å²) >= 11 is 0. The Balaban J connectivity index is 1.95. The molecule has 0 fully saturated rings. The third kappa shape index (κ3) is 9.24. The highest BCUT2D eigenvalue weighted by Crippen LogP contribution is 2.40. The van der Waals surface area contributed by atoms with Crippen LogP contribution < -0.4 is 10.6 Å². The normalized spacial score (nSPS) is 10.7. The maximum atomic E-state index is 12.6. The van der Waals surface area contributed by atoms with Gasteiger partial charge in [-0.05, 0) is 51.0 Å². The zero-order chi connectivity index (χ0) is 23.0. The summed E-state index contributed by atoms with van der Waals surface area (Å²) in [5.74, 6) is -0.212. The predicted molar refractivity (Wildman–Crippen MR) is 131 cm³/mol. The number of nitrogens with one attached hydrogen (secondary N) is 2. The Bertz CT molecular complexity index is 779. The van der Waals surface area contributed by atoms with Gasteiger partial charge < -0.3 is 20.1 Å². The van der Waals surface area contributed by atoms with E-state index in [0.29, 0.717) is 50.6 Å². The second kappa shape index (κ2) is 15.7. The highest BCUT2D eigenvalue weighted by molar-refractivity contribution is 8.76. The van der Waals surface area contributed by atoms with Gasteiger partial charge in [0.2, 0.25) is 0 Å². The molecule has 0 unspecified atom stereocenters. The van der Waals surface area contributed by atoms with E-state index < -0.39 is 0 Å². The van der Waals surface area contributed by atoms with E-state index in [9.17, 15) is 9.59 Å². The van der Waals surface area contributed by atoms with E-state index in [2.05, 4.69) is 10.6 Å². The molecule has 0 aliphatic rings. The maximum absolute atomic E-state index is 12.6. The number of ether oxygens (including phenoxy) is 2. The van der Waals surface area contributed by atoms with Gasteiger partial charge in [-0.3, -0.25) is 9.59 Å². The number of amides is 2. The van der Waals surface area contributed by atoms with Crippen molar-refractivity contribution < 1.29 is 19.1 Å². The molecule has 0 saturated heterocycles.